The van der Waals surface area contributed by atoms with Crippen LogP contribution in [0.2, 0.25) is 0 Å². The number of pyridine rings is 2. The molecule has 9 nitrogen and oxygen atoms in total. The van der Waals surface area contributed by atoms with Gasteiger partial charge in [-0.3, -0.25) is 4.68 Å². The van der Waals surface area contributed by atoms with Gasteiger partial charge in [0, 0.05) is 61.0 Å². The Kier molecular flexibility index (Phi) is 8.38. The Morgan fingerprint density at radius 3 is 2.78 bits per heavy atom. The van der Waals surface area contributed by atoms with E-state index in [1.165, 1.54) is 26.0 Å². The number of nitrogens with one attached hydrogen (secondary N) is 1. The van der Waals surface area contributed by atoms with Crippen LogP contribution in [0.15, 0.2) is 55.0 Å². The summed E-state index contributed by atoms with van der Waals surface area (Å²) >= 11 is 0. The summed E-state index contributed by atoms with van der Waals surface area (Å²) in [5.41, 5.74) is 9.95. The molecule has 1 aliphatic heterocycles. The van der Waals surface area contributed by atoms with Gasteiger partial charge >= 0.3 is 0 Å². The molecular formula is C30H32ClFN8O. The molecule has 2 fully saturated rings. The first-order chi connectivity index (χ1) is 19.5. The summed E-state index contributed by atoms with van der Waals surface area (Å²) in [6, 6.07) is 12.0. The van der Waals surface area contributed by atoms with Crippen LogP contribution in [0, 0.1) is 23.1 Å². The zero-order valence-electron chi connectivity index (χ0n) is 22.8. The molecular weight excluding hydrogens is 543 g/mol. The number of halogens is 2. The Morgan fingerprint density at radius 1 is 1.17 bits per heavy atom. The van der Waals surface area contributed by atoms with Crippen molar-refractivity contribution in [3.8, 4) is 34.2 Å². The number of anilines is 3. The third-order valence-electron chi connectivity index (χ3n) is 7.47. The Labute approximate surface area is 244 Å². The van der Waals surface area contributed by atoms with Crippen LogP contribution >= 0.6 is 12.4 Å². The fourth-order valence-electron chi connectivity index (χ4n) is 5.24. The lowest BCUT2D eigenvalue weighted by molar-refractivity contribution is 0.413. The van der Waals surface area contributed by atoms with Crippen LogP contribution in [0.1, 0.15) is 31.2 Å². The predicted octanol–water partition coefficient (Wildman–Crippen LogP) is 5.53. The minimum atomic E-state index is -0.520. The first kappa shape index (κ1) is 28.3. The third-order valence-corrected chi connectivity index (χ3v) is 7.47. The number of methoxy groups -OCH3 is 1. The van der Waals surface area contributed by atoms with E-state index in [1.807, 2.05) is 23.1 Å². The van der Waals surface area contributed by atoms with Crippen molar-refractivity contribution in [1.29, 1.82) is 5.26 Å². The van der Waals surface area contributed by atoms with E-state index in [-0.39, 0.29) is 35.3 Å². The summed E-state index contributed by atoms with van der Waals surface area (Å²) in [5, 5.41) is 17.6. The minimum absolute atomic E-state index is 0. The first-order valence-electron chi connectivity index (χ1n) is 13.6. The molecule has 4 heterocycles. The highest BCUT2D eigenvalue weighted by atomic mass is 35.5. The molecule has 1 aromatic carbocycles. The number of nitrogens with zero attached hydrogens (tertiary/aromatic N) is 6. The molecule has 212 valence electrons. The molecule has 0 spiro atoms. The smallest absolute Gasteiger partial charge is 0.136 e. The molecule has 1 saturated heterocycles. The van der Waals surface area contributed by atoms with Crippen LogP contribution in [0.3, 0.4) is 0 Å². The van der Waals surface area contributed by atoms with Crippen LogP contribution in [-0.4, -0.2) is 46.0 Å². The van der Waals surface area contributed by atoms with Gasteiger partial charge in [0.05, 0.1) is 30.1 Å². The Morgan fingerprint density at radius 2 is 2.02 bits per heavy atom. The number of rotatable bonds is 8. The monoisotopic (exact) mass is 574 g/mol. The van der Waals surface area contributed by atoms with Crippen LogP contribution in [0.4, 0.5) is 21.7 Å². The quantitative estimate of drug-likeness (QED) is 0.282. The van der Waals surface area contributed by atoms with Crippen LogP contribution in [0.5, 0.6) is 5.75 Å². The lowest BCUT2D eigenvalue weighted by Gasteiger charge is -2.34. The van der Waals surface area contributed by atoms with Gasteiger partial charge in [-0.2, -0.15) is 10.4 Å². The minimum Gasteiger partial charge on any atom is -0.496 e. The number of ether oxygens (including phenoxy) is 1. The normalized spacial score (nSPS) is 16.5. The van der Waals surface area contributed by atoms with E-state index in [2.05, 4.69) is 32.6 Å². The van der Waals surface area contributed by atoms with E-state index < -0.39 is 5.82 Å². The van der Waals surface area contributed by atoms with Gasteiger partial charge in [-0.1, -0.05) is 6.07 Å². The van der Waals surface area contributed by atoms with E-state index in [0.717, 1.165) is 55.2 Å². The van der Waals surface area contributed by atoms with Crippen LogP contribution < -0.4 is 20.7 Å². The lowest BCUT2D eigenvalue weighted by Crippen LogP contribution is -2.43. The highest BCUT2D eigenvalue weighted by molar-refractivity contribution is 5.85. The molecule has 11 heteroatoms. The van der Waals surface area contributed by atoms with Crippen molar-refractivity contribution in [2.45, 2.75) is 38.3 Å². The SMILES string of the molecule is COc1cccc(F)c1-c1nc(Nc2cc(N3CCC[C@H](N)C3)c(-c3cnn(CC4CC4)c3)cn2)ccc1C#N.Cl. The molecule has 1 aliphatic carbocycles. The van der Waals surface area contributed by atoms with Crippen molar-refractivity contribution in [3.63, 3.8) is 0 Å². The second-order valence-electron chi connectivity index (χ2n) is 10.5. The highest BCUT2D eigenvalue weighted by Crippen LogP contribution is 2.37. The number of benzene rings is 1. The first-order valence-corrected chi connectivity index (χ1v) is 13.6. The molecule has 1 saturated carbocycles. The van der Waals surface area contributed by atoms with E-state index in [9.17, 15) is 9.65 Å². The number of piperidine rings is 1. The van der Waals surface area contributed by atoms with Gasteiger partial charge in [0.1, 0.15) is 29.3 Å². The standard InChI is InChI=1S/C30H31FN8O.ClH/c1-40-26-6-2-5-24(31)29(26)30-20(13-32)9-10-27(37-30)36-28-12-25(38-11-3-4-22(33)18-38)23(15-34-28)21-14-35-39(17-21)16-19-7-8-19;/h2,5-6,9-10,12,14-15,17,19,22H,3-4,7-8,11,16,18,33H2,1H3,(H,34,36,37);1H/t22-;/m0./s1. The summed E-state index contributed by atoms with van der Waals surface area (Å²) in [6.07, 6.45) is 10.4. The van der Waals surface area contributed by atoms with Crippen molar-refractivity contribution in [3.05, 3.63) is 66.4 Å². The second kappa shape index (κ2) is 12.1. The number of hydrogen-bond donors (Lipinski definition) is 2. The largest absolute Gasteiger partial charge is 0.496 e. The number of nitriles is 1. The topological polar surface area (TPSA) is 118 Å². The number of nitrogens with two attached hydrogens (primary N) is 1. The third kappa shape index (κ3) is 6.11. The maximum atomic E-state index is 14.9. The molecule has 4 aromatic rings. The van der Waals surface area contributed by atoms with Gasteiger partial charge in [0.25, 0.3) is 0 Å². The average molecular weight is 575 g/mol. The van der Waals surface area contributed by atoms with Gasteiger partial charge in [0.2, 0.25) is 0 Å². The molecule has 1 atom stereocenters. The Balaban J connectivity index is 0.00000337. The summed E-state index contributed by atoms with van der Waals surface area (Å²) in [4.78, 5) is 11.6. The van der Waals surface area contributed by atoms with Gasteiger partial charge in [-0.05, 0) is 55.9 Å². The fraction of sp³-hybridized carbons (Fsp3) is 0.333. The van der Waals surface area contributed by atoms with E-state index >= 15 is 0 Å². The van der Waals surface area contributed by atoms with Crippen molar-refractivity contribution < 1.29 is 9.13 Å². The van der Waals surface area contributed by atoms with Crippen molar-refractivity contribution in [2.24, 2.45) is 11.7 Å². The Hall–Kier alpha value is -4.20. The van der Waals surface area contributed by atoms with Crippen LogP contribution in [0.25, 0.3) is 22.4 Å². The summed E-state index contributed by atoms with van der Waals surface area (Å²) in [6.45, 7) is 2.59. The van der Waals surface area contributed by atoms with Crippen molar-refractivity contribution >= 4 is 29.7 Å². The second-order valence-corrected chi connectivity index (χ2v) is 10.5. The van der Waals surface area contributed by atoms with Gasteiger partial charge in [-0.25, -0.2) is 14.4 Å². The predicted molar refractivity (Wildman–Crippen MR) is 159 cm³/mol. The molecule has 0 unspecified atom stereocenters. The van der Waals surface area contributed by atoms with Crippen molar-refractivity contribution in [2.75, 3.05) is 30.4 Å². The fourth-order valence-corrected chi connectivity index (χ4v) is 5.24. The lowest BCUT2D eigenvalue weighted by atomic mass is 10.0. The van der Waals surface area contributed by atoms with Crippen molar-refractivity contribution in [1.82, 2.24) is 19.7 Å². The highest BCUT2D eigenvalue weighted by Gasteiger charge is 2.24. The number of aromatic nitrogens is 4. The molecule has 41 heavy (non-hydrogen) atoms. The average Bonchev–Trinajstić information content (AvgIpc) is 3.67. The summed E-state index contributed by atoms with van der Waals surface area (Å²) < 4.78 is 22.3. The molecule has 0 bridgehead atoms. The maximum absolute atomic E-state index is 14.9. The number of hydrogen-bond acceptors (Lipinski definition) is 8. The van der Waals surface area contributed by atoms with Gasteiger partial charge < -0.3 is 20.7 Å². The zero-order valence-corrected chi connectivity index (χ0v) is 23.6. The Bertz CT molecular complexity index is 1580. The molecule has 3 N–H and O–H groups in total. The maximum Gasteiger partial charge on any atom is 0.136 e. The molecule has 0 amide bonds. The van der Waals surface area contributed by atoms with Crippen LogP contribution in [-0.2, 0) is 6.54 Å². The van der Waals surface area contributed by atoms with Gasteiger partial charge in [0.15, 0.2) is 0 Å². The van der Waals surface area contributed by atoms with Gasteiger partial charge in [-0.15, -0.1) is 12.4 Å². The summed E-state index contributed by atoms with van der Waals surface area (Å²) in [5.74, 6) is 1.51. The molecule has 6 rings (SSSR count). The molecule has 3 aromatic heterocycles. The summed E-state index contributed by atoms with van der Waals surface area (Å²) in [7, 11) is 1.46. The molecule has 2 aliphatic rings. The van der Waals surface area contributed by atoms with E-state index in [4.69, 9.17) is 15.5 Å². The molecule has 0 radical (unpaired) electrons. The van der Waals surface area contributed by atoms with E-state index in [0.29, 0.717) is 17.4 Å². The van der Waals surface area contributed by atoms with E-state index in [1.54, 1.807) is 24.3 Å². The zero-order chi connectivity index (χ0) is 27.6.